The average Bonchev–Trinajstić information content (AvgIpc) is 2.57. The van der Waals surface area contributed by atoms with Crippen molar-refractivity contribution in [1.82, 2.24) is 14.9 Å². The highest BCUT2D eigenvalue weighted by molar-refractivity contribution is 5.93. The summed E-state index contributed by atoms with van der Waals surface area (Å²) in [5, 5.41) is 3.20. The predicted molar refractivity (Wildman–Crippen MR) is 97.7 cm³/mol. The maximum Gasteiger partial charge on any atom is 0.256 e. The van der Waals surface area contributed by atoms with Crippen LogP contribution in [0.25, 0.3) is 0 Å². The summed E-state index contributed by atoms with van der Waals surface area (Å²) in [6, 6.07) is 6.16. The number of nitrogens with zero attached hydrogens (tertiary/aromatic N) is 3. The van der Waals surface area contributed by atoms with Crippen LogP contribution in [0.1, 0.15) is 48.2 Å². The van der Waals surface area contributed by atoms with Gasteiger partial charge in [0.05, 0.1) is 5.56 Å². The molecule has 1 aromatic heterocycles. The number of carbonyl (C=O) groups excluding carboxylic acids is 1. The lowest BCUT2D eigenvalue weighted by Crippen LogP contribution is -2.32. The molecule has 5 heteroatoms. The molecule has 0 radical (unpaired) electrons. The number of carbonyl (C=O) groups is 1. The topological polar surface area (TPSA) is 58.1 Å². The summed E-state index contributed by atoms with van der Waals surface area (Å²) in [6.45, 7) is 9.77. The molecule has 0 aliphatic carbocycles. The fraction of sp³-hybridized carbons (Fsp3) is 0.421. The van der Waals surface area contributed by atoms with Crippen LogP contribution in [0.15, 0.2) is 30.6 Å². The first-order chi connectivity index (χ1) is 11.5. The molecule has 0 aliphatic heterocycles. The Hall–Kier alpha value is -2.43. The monoisotopic (exact) mass is 326 g/mol. The van der Waals surface area contributed by atoms with Crippen LogP contribution in [-0.4, -0.2) is 33.9 Å². The van der Waals surface area contributed by atoms with Gasteiger partial charge in [0.2, 0.25) is 5.95 Å². The predicted octanol–water partition coefficient (Wildman–Crippen LogP) is 4.10. The van der Waals surface area contributed by atoms with Crippen molar-refractivity contribution < 1.29 is 4.79 Å². The highest BCUT2D eigenvalue weighted by Crippen LogP contribution is 2.19. The van der Waals surface area contributed by atoms with Crippen LogP contribution in [0.4, 0.5) is 11.6 Å². The zero-order valence-electron chi connectivity index (χ0n) is 15.0. The van der Waals surface area contributed by atoms with Gasteiger partial charge in [-0.25, -0.2) is 9.97 Å². The third-order valence-electron chi connectivity index (χ3n) is 3.80. The Balaban J connectivity index is 2.10. The summed E-state index contributed by atoms with van der Waals surface area (Å²) in [4.78, 5) is 23.0. The summed E-state index contributed by atoms with van der Waals surface area (Å²) in [5.74, 6) is 0.493. The maximum absolute atomic E-state index is 12.5. The Labute approximate surface area is 144 Å². The van der Waals surface area contributed by atoms with E-state index in [9.17, 15) is 4.79 Å². The minimum atomic E-state index is -0.00299. The van der Waals surface area contributed by atoms with Crippen LogP contribution in [0, 0.1) is 13.8 Å². The van der Waals surface area contributed by atoms with Gasteiger partial charge in [0, 0.05) is 31.2 Å². The number of amides is 1. The third kappa shape index (κ3) is 4.54. The highest BCUT2D eigenvalue weighted by Gasteiger charge is 2.15. The van der Waals surface area contributed by atoms with Crippen LogP contribution in [0.5, 0.6) is 0 Å². The molecular formula is C19H26N4O. The Kier molecular flexibility index (Phi) is 6.29. The van der Waals surface area contributed by atoms with Gasteiger partial charge in [-0.15, -0.1) is 0 Å². The van der Waals surface area contributed by atoms with Crippen LogP contribution < -0.4 is 5.32 Å². The van der Waals surface area contributed by atoms with E-state index >= 15 is 0 Å². The van der Waals surface area contributed by atoms with Crippen molar-refractivity contribution in [2.75, 3.05) is 18.4 Å². The second-order valence-corrected chi connectivity index (χ2v) is 6.03. The molecule has 1 aromatic carbocycles. The molecule has 0 fully saturated rings. The Bertz CT molecular complexity index is 676. The second-order valence-electron chi connectivity index (χ2n) is 6.03. The molecule has 0 aliphatic rings. The summed E-state index contributed by atoms with van der Waals surface area (Å²) < 4.78 is 0. The minimum Gasteiger partial charge on any atom is -0.339 e. The maximum atomic E-state index is 12.5. The van der Waals surface area contributed by atoms with E-state index in [0.29, 0.717) is 11.5 Å². The number of aryl methyl sites for hydroxylation is 2. The molecule has 0 bridgehead atoms. The van der Waals surface area contributed by atoms with Crippen molar-refractivity contribution in [3.05, 3.63) is 47.3 Å². The largest absolute Gasteiger partial charge is 0.339 e. The molecule has 0 saturated heterocycles. The normalized spacial score (nSPS) is 10.5. The van der Waals surface area contributed by atoms with E-state index in [1.165, 1.54) is 5.56 Å². The van der Waals surface area contributed by atoms with Gasteiger partial charge in [-0.1, -0.05) is 31.5 Å². The first-order valence-electron chi connectivity index (χ1n) is 8.50. The van der Waals surface area contributed by atoms with Crippen LogP contribution in [0.2, 0.25) is 0 Å². The first kappa shape index (κ1) is 17.9. The number of hydrogen-bond donors (Lipinski definition) is 1. The minimum absolute atomic E-state index is 0.00299. The van der Waals surface area contributed by atoms with Crippen molar-refractivity contribution in [2.24, 2.45) is 0 Å². The van der Waals surface area contributed by atoms with E-state index in [2.05, 4.69) is 42.1 Å². The fourth-order valence-corrected chi connectivity index (χ4v) is 2.61. The lowest BCUT2D eigenvalue weighted by molar-refractivity contribution is 0.0754. The summed E-state index contributed by atoms with van der Waals surface area (Å²) in [6.07, 6.45) is 5.08. The molecule has 128 valence electrons. The van der Waals surface area contributed by atoms with Gasteiger partial charge >= 0.3 is 0 Å². The zero-order valence-corrected chi connectivity index (χ0v) is 15.0. The van der Waals surface area contributed by atoms with Crippen molar-refractivity contribution in [1.29, 1.82) is 0 Å². The van der Waals surface area contributed by atoms with Crippen molar-refractivity contribution in [3.63, 3.8) is 0 Å². The molecule has 0 atom stereocenters. The van der Waals surface area contributed by atoms with Crippen molar-refractivity contribution >= 4 is 17.5 Å². The molecule has 1 heterocycles. The third-order valence-corrected chi connectivity index (χ3v) is 3.80. The number of anilines is 2. The Morgan fingerprint density at radius 3 is 2.25 bits per heavy atom. The molecular weight excluding hydrogens is 300 g/mol. The molecule has 0 unspecified atom stereocenters. The molecule has 1 amide bonds. The molecule has 5 nitrogen and oxygen atoms in total. The first-order valence-corrected chi connectivity index (χ1v) is 8.50. The van der Waals surface area contributed by atoms with E-state index in [1.807, 2.05) is 24.0 Å². The number of hydrogen-bond acceptors (Lipinski definition) is 4. The van der Waals surface area contributed by atoms with E-state index in [1.54, 1.807) is 12.4 Å². The van der Waals surface area contributed by atoms with Gasteiger partial charge in [0.15, 0.2) is 0 Å². The lowest BCUT2D eigenvalue weighted by atomic mass is 10.1. The lowest BCUT2D eigenvalue weighted by Gasteiger charge is -2.21. The molecule has 24 heavy (non-hydrogen) atoms. The SMILES string of the molecule is CCCN(CCC)C(=O)c1cnc(Nc2ccc(C)cc2C)nc1. The van der Waals surface area contributed by atoms with Crippen LogP contribution in [0.3, 0.4) is 0 Å². The van der Waals surface area contributed by atoms with Gasteiger partial charge in [-0.05, 0) is 38.3 Å². The van der Waals surface area contributed by atoms with Gasteiger partial charge in [-0.3, -0.25) is 4.79 Å². The standard InChI is InChI=1S/C19H26N4O/c1-5-9-23(10-6-2)18(24)16-12-20-19(21-13-16)22-17-8-7-14(3)11-15(17)4/h7-8,11-13H,5-6,9-10H2,1-4H3,(H,20,21,22). The molecule has 2 rings (SSSR count). The summed E-state index contributed by atoms with van der Waals surface area (Å²) in [5.41, 5.74) is 3.85. The van der Waals surface area contributed by atoms with E-state index in [4.69, 9.17) is 0 Å². The van der Waals surface area contributed by atoms with Crippen LogP contribution in [-0.2, 0) is 0 Å². The smallest absolute Gasteiger partial charge is 0.256 e. The zero-order chi connectivity index (χ0) is 17.5. The van der Waals surface area contributed by atoms with Crippen molar-refractivity contribution in [2.45, 2.75) is 40.5 Å². The quantitative estimate of drug-likeness (QED) is 0.832. The van der Waals surface area contributed by atoms with E-state index < -0.39 is 0 Å². The van der Waals surface area contributed by atoms with Gasteiger partial charge in [0.25, 0.3) is 5.91 Å². The highest BCUT2D eigenvalue weighted by atomic mass is 16.2. The molecule has 2 aromatic rings. The number of benzene rings is 1. The summed E-state index contributed by atoms with van der Waals surface area (Å²) >= 11 is 0. The Morgan fingerprint density at radius 2 is 1.71 bits per heavy atom. The van der Waals surface area contributed by atoms with Gasteiger partial charge in [0.1, 0.15) is 0 Å². The summed E-state index contributed by atoms with van der Waals surface area (Å²) in [7, 11) is 0. The van der Waals surface area contributed by atoms with Gasteiger partial charge < -0.3 is 10.2 Å². The number of aromatic nitrogens is 2. The van der Waals surface area contributed by atoms with E-state index in [-0.39, 0.29) is 5.91 Å². The number of nitrogens with one attached hydrogen (secondary N) is 1. The number of rotatable bonds is 7. The Morgan fingerprint density at radius 1 is 1.08 bits per heavy atom. The van der Waals surface area contributed by atoms with E-state index in [0.717, 1.165) is 37.2 Å². The van der Waals surface area contributed by atoms with Gasteiger partial charge in [-0.2, -0.15) is 0 Å². The van der Waals surface area contributed by atoms with Crippen molar-refractivity contribution in [3.8, 4) is 0 Å². The average molecular weight is 326 g/mol. The van der Waals surface area contributed by atoms with Crippen LogP contribution >= 0.6 is 0 Å². The molecule has 0 saturated carbocycles. The molecule has 0 spiro atoms. The fourth-order valence-electron chi connectivity index (χ4n) is 2.61. The molecule has 1 N–H and O–H groups in total. The second kappa shape index (κ2) is 8.43.